The van der Waals surface area contributed by atoms with Crippen LogP contribution in [0.3, 0.4) is 0 Å². The Balaban J connectivity index is 2.36. The molecule has 0 spiro atoms. The van der Waals surface area contributed by atoms with E-state index in [9.17, 15) is 9.59 Å². The van der Waals surface area contributed by atoms with Gasteiger partial charge >= 0.3 is 0 Å². The minimum atomic E-state index is -0.214. The highest BCUT2D eigenvalue weighted by molar-refractivity contribution is 6.99. The first kappa shape index (κ1) is 8.43. The van der Waals surface area contributed by atoms with Crippen LogP contribution in [0.25, 0.3) is 0 Å². The summed E-state index contributed by atoms with van der Waals surface area (Å²) in [5.41, 5.74) is 1.21. The minimum absolute atomic E-state index is 0.184. The minimum Gasteiger partial charge on any atom is -0.287 e. The van der Waals surface area contributed by atoms with Crippen LogP contribution in [-0.4, -0.2) is 20.3 Å². The first-order valence-electron chi connectivity index (χ1n) is 4.30. The molecule has 3 rings (SSSR count). The first-order valence-corrected chi connectivity index (χ1v) is 5.03. The number of fused-ring (bicyclic) bond motifs is 2. The highest BCUT2D eigenvalue weighted by Gasteiger charge is 2.32. The zero-order valence-corrected chi connectivity index (χ0v) is 8.25. The van der Waals surface area contributed by atoms with Gasteiger partial charge < -0.3 is 0 Å². The van der Waals surface area contributed by atoms with E-state index in [-0.39, 0.29) is 23.0 Å². The van der Waals surface area contributed by atoms with Gasteiger partial charge in [0.15, 0.2) is 11.4 Å². The maximum absolute atomic E-state index is 11.9. The van der Waals surface area contributed by atoms with Crippen molar-refractivity contribution in [3.05, 3.63) is 46.8 Å². The number of ketones is 2. The molecule has 1 aromatic heterocycles. The lowest BCUT2D eigenvalue weighted by molar-refractivity contribution is 0.0974. The second kappa shape index (κ2) is 2.80. The van der Waals surface area contributed by atoms with Gasteiger partial charge in [0, 0.05) is 11.1 Å². The molecule has 0 unspecified atom stereocenters. The van der Waals surface area contributed by atoms with Crippen molar-refractivity contribution in [1.82, 2.24) is 8.75 Å². The lowest BCUT2D eigenvalue weighted by Crippen LogP contribution is -2.20. The van der Waals surface area contributed by atoms with Crippen molar-refractivity contribution in [1.29, 1.82) is 0 Å². The van der Waals surface area contributed by atoms with Crippen LogP contribution >= 0.6 is 11.7 Å². The molecule has 0 radical (unpaired) electrons. The zero-order valence-electron chi connectivity index (χ0n) is 7.43. The fourth-order valence-corrected chi connectivity index (χ4v) is 2.16. The van der Waals surface area contributed by atoms with Gasteiger partial charge in [-0.15, -0.1) is 0 Å². The zero-order chi connectivity index (χ0) is 10.4. The van der Waals surface area contributed by atoms with Gasteiger partial charge in [-0.25, -0.2) is 0 Å². The van der Waals surface area contributed by atoms with Crippen molar-refractivity contribution in [3.8, 4) is 0 Å². The lowest BCUT2D eigenvalue weighted by Gasteiger charge is -2.10. The molecule has 0 N–H and O–H groups in total. The third-order valence-electron chi connectivity index (χ3n) is 2.33. The maximum Gasteiger partial charge on any atom is 0.215 e. The molecule has 2 aromatic rings. The topological polar surface area (TPSA) is 59.9 Å². The number of carbonyl (C=O) groups is 2. The van der Waals surface area contributed by atoms with Gasteiger partial charge in [0.1, 0.15) is 0 Å². The summed E-state index contributed by atoms with van der Waals surface area (Å²) in [5, 5.41) is 0. The number of hydrogen-bond donors (Lipinski definition) is 0. The number of hydrogen-bond acceptors (Lipinski definition) is 5. The van der Waals surface area contributed by atoms with E-state index >= 15 is 0 Å². The van der Waals surface area contributed by atoms with Crippen LogP contribution in [0.1, 0.15) is 32.1 Å². The summed E-state index contributed by atoms with van der Waals surface area (Å²) in [4.78, 5) is 23.7. The lowest BCUT2D eigenvalue weighted by atomic mass is 9.90. The van der Waals surface area contributed by atoms with Gasteiger partial charge in [-0.05, 0) is 0 Å². The molecule has 0 amide bonds. The Bertz CT molecular complexity index is 539. The van der Waals surface area contributed by atoms with E-state index in [2.05, 4.69) is 8.75 Å². The third kappa shape index (κ3) is 1.01. The van der Waals surface area contributed by atoms with E-state index in [1.165, 1.54) is 0 Å². The van der Waals surface area contributed by atoms with Gasteiger partial charge in [-0.3, -0.25) is 9.59 Å². The summed E-state index contributed by atoms with van der Waals surface area (Å²) in [6.07, 6.45) is 0. The highest BCUT2D eigenvalue weighted by Crippen LogP contribution is 2.25. The van der Waals surface area contributed by atoms with Crippen LogP contribution in [-0.2, 0) is 0 Å². The number of carbonyl (C=O) groups excluding carboxylic acids is 2. The Labute approximate surface area is 88.9 Å². The molecule has 0 atom stereocenters. The van der Waals surface area contributed by atoms with Crippen molar-refractivity contribution in [3.63, 3.8) is 0 Å². The van der Waals surface area contributed by atoms with Crippen LogP contribution in [0.4, 0.5) is 0 Å². The largest absolute Gasteiger partial charge is 0.287 e. The van der Waals surface area contributed by atoms with Crippen molar-refractivity contribution in [2.45, 2.75) is 0 Å². The fourth-order valence-electron chi connectivity index (χ4n) is 1.62. The SMILES string of the molecule is O=C1c2ccccc2C(=O)c2nsnc21. The molecule has 0 fully saturated rings. The van der Waals surface area contributed by atoms with E-state index in [1.54, 1.807) is 24.3 Å². The van der Waals surface area contributed by atoms with Crippen molar-refractivity contribution < 1.29 is 9.59 Å². The number of benzene rings is 1. The normalized spacial score (nSPS) is 13.6. The predicted molar refractivity (Wildman–Crippen MR) is 53.2 cm³/mol. The quantitative estimate of drug-likeness (QED) is 0.568. The summed E-state index contributed by atoms with van der Waals surface area (Å²) >= 11 is 0.892. The Morgan fingerprint density at radius 3 is 1.80 bits per heavy atom. The first-order chi connectivity index (χ1) is 7.29. The molecular formula is C10H4N2O2S. The monoisotopic (exact) mass is 216 g/mol. The molecule has 0 aliphatic heterocycles. The summed E-state index contributed by atoms with van der Waals surface area (Å²) in [6, 6.07) is 6.74. The second-order valence-electron chi connectivity index (χ2n) is 3.17. The molecule has 1 heterocycles. The van der Waals surface area contributed by atoms with Gasteiger partial charge in [0.05, 0.1) is 11.7 Å². The molecule has 72 valence electrons. The Kier molecular flexibility index (Phi) is 1.58. The number of aromatic nitrogens is 2. The van der Waals surface area contributed by atoms with E-state index in [0.29, 0.717) is 11.1 Å². The number of nitrogens with zero attached hydrogens (tertiary/aromatic N) is 2. The molecule has 0 bridgehead atoms. The molecule has 1 aliphatic carbocycles. The Morgan fingerprint density at radius 1 is 0.867 bits per heavy atom. The van der Waals surface area contributed by atoms with Crippen LogP contribution in [0.15, 0.2) is 24.3 Å². The molecule has 5 heteroatoms. The molecule has 15 heavy (non-hydrogen) atoms. The second-order valence-corrected chi connectivity index (χ2v) is 3.69. The van der Waals surface area contributed by atoms with E-state index < -0.39 is 0 Å². The Morgan fingerprint density at radius 2 is 1.33 bits per heavy atom. The van der Waals surface area contributed by atoms with Gasteiger partial charge in [0.2, 0.25) is 11.6 Å². The fraction of sp³-hybridized carbons (Fsp3) is 0. The van der Waals surface area contributed by atoms with E-state index in [1.807, 2.05) is 0 Å². The van der Waals surface area contributed by atoms with E-state index in [0.717, 1.165) is 11.7 Å². The smallest absolute Gasteiger partial charge is 0.215 e. The van der Waals surface area contributed by atoms with Gasteiger partial charge in [-0.2, -0.15) is 8.75 Å². The maximum atomic E-state index is 11.9. The van der Waals surface area contributed by atoms with Gasteiger partial charge in [-0.1, -0.05) is 24.3 Å². The molecule has 0 saturated carbocycles. The summed E-state index contributed by atoms with van der Waals surface area (Å²) in [6.45, 7) is 0. The molecule has 0 saturated heterocycles. The standard InChI is InChI=1S/C10H4N2O2S/c13-9-5-3-1-2-4-6(5)10(14)8-7(9)11-15-12-8/h1-4H. The highest BCUT2D eigenvalue weighted by atomic mass is 32.1. The average Bonchev–Trinajstić information content (AvgIpc) is 2.75. The van der Waals surface area contributed by atoms with Crippen molar-refractivity contribution in [2.75, 3.05) is 0 Å². The summed E-state index contributed by atoms with van der Waals surface area (Å²) in [5.74, 6) is -0.428. The van der Waals surface area contributed by atoms with Crippen molar-refractivity contribution >= 4 is 23.3 Å². The van der Waals surface area contributed by atoms with Gasteiger partial charge in [0.25, 0.3) is 0 Å². The number of rotatable bonds is 0. The van der Waals surface area contributed by atoms with E-state index in [4.69, 9.17) is 0 Å². The molecule has 1 aromatic carbocycles. The van der Waals surface area contributed by atoms with Crippen molar-refractivity contribution in [2.24, 2.45) is 0 Å². The predicted octanol–water partition coefficient (Wildman–Crippen LogP) is 1.31. The van der Waals surface area contributed by atoms with Crippen LogP contribution in [0.2, 0.25) is 0 Å². The summed E-state index contributed by atoms with van der Waals surface area (Å²) < 4.78 is 7.69. The van der Waals surface area contributed by atoms with Crippen LogP contribution in [0, 0.1) is 0 Å². The summed E-state index contributed by atoms with van der Waals surface area (Å²) in [7, 11) is 0. The van der Waals surface area contributed by atoms with Crippen LogP contribution in [0.5, 0.6) is 0 Å². The molecule has 4 nitrogen and oxygen atoms in total. The Hall–Kier alpha value is -1.88. The molecule has 1 aliphatic rings. The molecular weight excluding hydrogens is 212 g/mol. The average molecular weight is 216 g/mol. The third-order valence-corrected chi connectivity index (χ3v) is 2.86. The van der Waals surface area contributed by atoms with Crippen LogP contribution < -0.4 is 0 Å².